The van der Waals surface area contributed by atoms with Gasteiger partial charge in [-0.3, -0.25) is 0 Å². The second kappa shape index (κ2) is 4.94. The third-order valence-corrected chi connectivity index (χ3v) is 4.02. The van der Waals surface area contributed by atoms with Crippen LogP contribution in [0.15, 0.2) is 40.8 Å². The number of hydrogen-bond acceptors (Lipinski definition) is 4. The van der Waals surface area contributed by atoms with Gasteiger partial charge >= 0.3 is 16.1 Å². The SMILES string of the molecule is Cc1ccc(S(=O)(=O)OC(=O)C2=CCCC2)cc1. The van der Waals surface area contributed by atoms with Crippen LogP contribution in [0.25, 0.3) is 0 Å². The highest BCUT2D eigenvalue weighted by molar-refractivity contribution is 7.87. The molecule has 5 heteroatoms. The second-order valence-electron chi connectivity index (χ2n) is 4.26. The van der Waals surface area contributed by atoms with Crippen LogP contribution in [0.1, 0.15) is 24.8 Å². The predicted octanol–water partition coefficient (Wildman–Crippen LogP) is 2.34. The Hall–Kier alpha value is -1.62. The Bertz CT molecular complexity index is 582. The third kappa shape index (κ3) is 2.79. The van der Waals surface area contributed by atoms with E-state index in [1.54, 1.807) is 18.2 Å². The Balaban J connectivity index is 2.17. The van der Waals surface area contributed by atoms with Crippen LogP contribution in [0.2, 0.25) is 0 Å². The Morgan fingerprint density at radius 1 is 1.22 bits per heavy atom. The summed E-state index contributed by atoms with van der Waals surface area (Å²) in [6.07, 6.45) is 3.99. The van der Waals surface area contributed by atoms with Gasteiger partial charge in [-0.1, -0.05) is 23.8 Å². The molecule has 4 nitrogen and oxygen atoms in total. The standard InChI is InChI=1S/C13H14O4S/c1-10-6-8-12(9-7-10)18(15,16)17-13(14)11-4-2-3-5-11/h4,6-9H,2-3,5H2,1H3. The summed E-state index contributed by atoms with van der Waals surface area (Å²) in [5, 5.41) is 0. The van der Waals surface area contributed by atoms with Crippen LogP contribution in [0.5, 0.6) is 0 Å². The first kappa shape index (κ1) is 12.8. The zero-order valence-corrected chi connectivity index (χ0v) is 10.9. The van der Waals surface area contributed by atoms with Crippen molar-refractivity contribution in [3.63, 3.8) is 0 Å². The van der Waals surface area contributed by atoms with Crippen LogP contribution in [-0.4, -0.2) is 14.4 Å². The van der Waals surface area contributed by atoms with Crippen molar-refractivity contribution >= 4 is 16.1 Å². The maximum Gasteiger partial charge on any atom is 0.349 e. The molecule has 0 bridgehead atoms. The van der Waals surface area contributed by atoms with Crippen molar-refractivity contribution in [2.45, 2.75) is 31.1 Å². The molecule has 0 N–H and O–H groups in total. The highest BCUT2D eigenvalue weighted by Crippen LogP contribution is 2.21. The molecule has 1 aliphatic carbocycles. The number of carbonyl (C=O) groups excluding carboxylic acids is 1. The largest absolute Gasteiger partial charge is 0.349 e. The van der Waals surface area contributed by atoms with E-state index < -0.39 is 16.1 Å². The van der Waals surface area contributed by atoms with E-state index in [-0.39, 0.29) is 4.90 Å². The van der Waals surface area contributed by atoms with Crippen molar-refractivity contribution in [3.05, 3.63) is 41.5 Å². The molecule has 1 aliphatic rings. The summed E-state index contributed by atoms with van der Waals surface area (Å²) in [7, 11) is -4.00. The highest BCUT2D eigenvalue weighted by atomic mass is 32.2. The Morgan fingerprint density at radius 2 is 1.89 bits per heavy atom. The Morgan fingerprint density at radius 3 is 2.44 bits per heavy atom. The van der Waals surface area contributed by atoms with Crippen molar-refractivity contribution in [2.75, 3.05) is 0 Å². The number of carbonyl (C=O) groups is 1. The summed E-state index contributed by atoms with van der Waals surface area (Å²) in [4.78, 5) is 11.6. The van der Waals surface area contributed by atoms with Crippen molar-refractivity contribution < 1.29 is 17.4 Å². The first-order valence-corrected chi connectivity index (χ1v) is 7.14. The van der Waals surface area contributed by atoms with Gasteiger partial charge in [0, 0.05) is 5.57 Å². The molecule has 1 aromatic rings. The molecule has 1 aromatic carbocycles. The lowest BCUT2D eigenvalue weighted by molar-refractivity contribution is -0.129. The number of benzene rings is 1. The molecule has 0 saturated carbocycles. The van der Waals surface area contributed by atoms with Crippen LogP contribution in [0.4, 0.5) is 0 Å². The number of hydrogen-bond donors (Lipinski definition) is 0. The van der Waals surface area contributed by atoms with E-state index in [1.165, 1.54) is 12.1 Å². The molecule has 18 heavy (non-hydrogen) atoms. The molecule has 0 aromatic heterocycles. The van der Waals surface area contributed by atoms with E-state index in [0.717, 1.165) is 18.4 Å². The molecule has 96 valence electrons. The van der Waals surface area contributed by atoms with Crippen LogP contribution in [0.3, 0.4) is 0 Å². The maximum atomic E-state index is 11.8. The normalized spacial score (nSPS) is 15.3. The lowest BCUT2D eigenvalue weighted by Gasteiger charge is -2.06. The fraction of sp³-hybridized carbons (Fsp3) is 0.308. The lowest BCUT2D eigenvalue weighted by atomic mass is 10.2. The molecule has 0 unspecified atom stereocenters. The molecule has 0 saturated heterocycles. The molecular formula is C13H14O4S. The first-order chi connectivity index (χ1) is 8.49. The maximum absolute atomic E-state index is 11.8. The monoisotopic (exact) mass is 266 g/mol. The van der Waals surface area contributed by atoms with Gasteiger partial charge in [-0.2, -0.15) is 8.42 Å². The Kier molecular flexibility index (Phi) is 3.52. The zero-order chi connectivity index (χ0) is 13.2. The number of rotatable bonds is 3. The summed E-state index contributed by atoms with van der Waals surface area (Å²) >= 11 is 0. The van der Waals surface area contributed by atoms with Crippen molar-refractivity contribution in [1.29, 1.82) is 0 Å². The van der Waals surface area contributed by atoms with Gasteiger partial charge in [-0.25, -0.2) is 4.79 Å². The van der Waals surface area contributed by atoms with E-state index >= 15 is 0 Å². The van der Waals surface area contributed by atoms with E-state index in [4.69, 9.17) is 0 Å². The van der Waals surface area contributed by atoms with Crippen LogP contribution in [0, 0.1) is 6.92 Å². The van der Waals surface area contributed by atoms with Gasteiger partial charge in [-0.15, -0.1) is 0 Å². The molecule has 0 fully saturated rings. The van der Waals surface area contributed by atoms with Crippen LogP contribution in [-0.2, 0) is 19.1 Å². The average Bonchev–Trinajstić information content (AvgIpc) is 2.82. The summed E-state index contributed by atoms with van der Waals surface area (Å²) in [5.41, 5.74) is 1.39. The molecule has 0 atom stereocenters. The minimum absolute atomic E-state index is 0.0000435. The minimum Gasteiger partial charge on any atom is -0.338 e. The zero-order valence-electron chi connectivity index (χ0n) is 10.0. The third-order valence-electron chi connectivity index (χ3n) is 2.80. The summed E-state index contributed by atoms with van der Waals surface area (Å²) in [6, 6.07) is 6.19. The van der Waals surface area contributed by atoms with E-state index in [2.05, 4.69) is 4.18 Å². The lowest BCUT2D eigenvalue weighted by Crippen LogP contribution is -2.14. The fourth-order valence-corrected chi connectivity index (χ4v) is 2.63. The average molecular weight is 266 g/mol. The predicted molar refractivity (Wildman–Crippen MR) is 66.4 cm³/mol. The van der Waals surface area contributed by atoms with Crippen LogP contribution >= 0.6 is 0 Å². The molecule has 2 rings (SSSR count). The molecule has 0 amide bonds. The van der Waals surface area contributed by atoms with Gasteiger partial charge in [0.1, 0.15) is 4.90 Å². The van der Waals surface area contributed by atoms with Gasteiger partial charge in [0.05, 0.1) is 0 Å². The van der Waals surface area contributed by atoms with Crippen molar-refractivity contribution in [3.8, 4) is 0 Å². The van der Waals surface area contributed by atoms with Crippen molar-refractivity contribution in [2.24, 2.45) is 0 Å². The van der Waals surface area contributed by atoms with Gasteiger partial charge in [0.2, 0.25) is 0 Å². The molecule has 0 aliphatic heterocycles. The quantitative estimate of drug-likeness (QED) is 0.788. The molecule has 0 heterocycles. The van der Waals surface area contributed by atoms with E-state index in [9.17, 15) is 13.2 Å². The van der Waals surface area contributed by atoms with Gasteiger partial charge in [0.15, 0.2) is 0 Å². The summed E-state index contributed by atoms with van der Waals surface area (Å²) in [5.74, 6) is -0.756. The number of allylic oxidation sites excluding steroid dienone is 1. The van der Waals surface area contributed by atoms with Crippen molar-refractivity contribution in [1.82, 2.24) is 0 Å². The second-order valence-corrected chi connectivity index (χ2v) is 5.81. The topological polar surface area (TPSA) is 60.4 Å². The highest BCUT2D eigenvalue weighted by Gasteiger charge is 2.23. The molecule has 0 radical (unpaired) electrons. The van der Waals surface area contributed by atoms with Crippen LogP contribution < -0.4 is 0 Å². The fourth-order valence-electron chi connectivity index (χ4n) is 1.76. The van der Waals surface area contributed by atoms with E-state index in [0.29, 0.717) is 12.0 Å². The smallest absolute Gasteiger partial charge is 0.338 e. The summed E-state index contributed by atoms with van der Waals surface area (Å²) in [6.45, 7) is 1.85. The van der Waals surface area contributed by atoms with E-state index in [1.807, 2.05) is 6.92 Å². The molecule has 0 spiro atoms. The van der Waals surface area contributed by atoms with Gasteiger partial charge in [0.25, 0.3) is 0 Å². The number of aryl methyl sites for hydroxylation is 1. The van der Waals surface area contributed by atoms with Gasteiger partial charge in [-0.05, 0) is 38.3 Å². The summed E-state index contributed by atoms with van der Waals surface area (Å²) < 4.78 is 28.3. The molecular weight excluding hydrogens is 252 g/mol. The minimum atomic E-state index is -4.00. The first-order valence-electron chi connectivity index (χ1n) is 5.73. The Labute approximate surface area is 106 Å². The van der Waals surface area contributed by atoms with Gasteiger partial charge < -0.3 is 4.18 Å².